The van der Waals surface area contributed by atoms with E-state index in [1.165, 1.54) is 11.1 Å². The van der Waals surface area contributed by atoms with Gasteiger partial charge in [-0.15, -0.1) is 0 Å². The maximum Gasteiger partial charge on any atom is 0.111 e. The van der Waals surface area contributed by atoms with Crippen molar-refractivity contribution in [2.75, 3.05) is 0 Å². The predicted molar refractivity (Wildman–Crippen MR) is 88.0 cm³/mol. The molecule has 0 bridgehead atoms. The zero-order valence-corrected chi connectivity index (χ0v) is 12.9. The number of rotatable bonds is 3. The van der Waals surface area contributed by atoms with Crippen molar-refractivity contribution in [1.82, 2.24) is 5.32 Å². The Labute approximate surface area is 131 Å². The van der Waals surface area contributed by atoms with Crippen LogP contribution < -0.4 is 11.1 Å². The minimum Gasteiger partial charge on any atom is -0.508 e. The van der Waals surface area contributed by atoms with E-state index >= 15 is 0 Å². The lowest BCUT2D eigenvalue weighted by Gasteiger charge is -2.34. The molecule has 22 heavy (non-hydrogen) atoms. The van der Waals surface area contributed by atoms with Gasteiger partial charge in [-0.05, 0) is 49.5 Å². The lowest BCUT2D eigenvalue weighted by Crippen LogP contribution is -2.46. The average Bonchev–Trinajstić information content (AvgIpc) is 2.50. The molecule has 118 valence electrons. The van der Waals surface area contributed by atoms with Crippen molar-refractivity contribution < 1.29 is 10.2 Å². The van der Waals surface area contributed by atoms with Gasteiger partial charge < -0.3 is 21.3 Å². The Hall–Kier alpha value is -1.78. The van der Waals surface area contributed by atoms with Crippen LogP contribution in [-0.2, 0) is 0 Å². The molecule has 3 rings (SSSR count). The van der Waals surface area contributed by atoms with Gasteiger partial charge in [-0.2, -0.15) is 0 Å². The van der Waals surface area contributed by atoms with Gasteiger partial charge in [-0.25, -0.2) is 0 Å². The summed E-state index contributed by atoms with van der Waals surface area (Å²) in [7, 11) is 0. The Balaban J connectivity index is 1.76. The Morgan fingerprint density at radius 3 is 3.00 bits per heavy atom. The Kier molecular flexibility index (Phi) is 4.23. The van der Waals surface area contributed by atoms with Gasteiger partial charge in [0.2, 0.25) is 0 Å². The first-order chi connectivity index (χ1) is 10.6. The topological polar surface area (TPSA) is 78.5 Å². The quantitative estimate of drug-likeness (QED) is 0.644. The molecule has 0 radical (unpaired) electrons. The van der Waals surface area contributed by atoms with Crippen LogP contribution in [0.2, 0.25) is 0 Å². The highest BCUT2D eigenvalue weighted by atomic mass is 16.3. The molecule has 0 aliphatic heterocycles. The monoisotopic (exact) mass is 300 g/mol. The number of hydrogen-bond acceptors (Lipinski definition) is 4. The van der Waals surface area contributed by atoms with E-state index in [-0.39, 0.29) is 23.8 Å². The zero-order valence-electron chi connectivity index (χ0n) is 12.9. The van der Waals surface area contributed by atoms with E-state index in [1.54, 1.807) is 18.2 Å². The van der Waals surface area contributed by atoms with Crippen LogP contribution in [0.5, 0.6) is 0 Å². The molecule has 0 fully saturated rings. The molecule has 5 N–H and O–H groups in total. The summed E-state index contributed by atoms with van der Waals surface area (Å²) in [5.74, 6) is 0.0678. The summed E-state index contributed by atoms with van der Waals surface area (Å²) in [6, 6.07) is 0.197. The molecule has 0 saturated heterocycles. The molecule has 0 heterocycles. The third-order valence-corrected chi connectivity index (χ3v) is 4.74. The van der Waals surface area contributed by atoms with E-state index in [1.807, 2.05) is 6.92 Å². The van der Waals surface area contributed by atoms with Gasteiger partial charge in [0.05, 0.1) is 6.10 Å². The second kappa shape index (κ2) is 6.15. The lowest BCUT2D eigenvalue weighted by molar-refractivity contribution is 0.147. The molecule has 0 amide bonds. The first kappa shape index (κ1) is 15.1. The van der Waals surface area contributed by atoms with E-state index < -0.39 is 6.10 Å². The lowest BCUT2D eigenvalue weighted by atomic mass is 9.83. The second-order valence-corrected chi connectivity index (χ2v) is 6.30. The van der Waals surface area contributed by atoms with Crippen molar-refractivity contribution in [3.05, 3.63) is 59.1 Å². The smallest absolute Gasteiger partial charge is 0.111 e. The fourth-order valence-electron chi connectivity index (χ4n) is 3.57. The predicted octanol–water partition coefficient (Wildman–Crippen LogP) is 2.21. The summed E-state index contributed by atoms with van der Waals surface area (Å²) in [6.07, 6.45) is 13.7. The van der Waals surface area contributed by atoms with Gasteiger partial charge in [-0.3, -0.25) is 0 Å². The van der Waals surface area contributed by atoms with Crippen molar-refractivity contribution in [3.63, 3.8) is 0 Å². The molecule has 4 atom stereocenters. The van der Waals surface area contributed by atoms with Crippen LogP contribution >= 0.6 is 0 Å². The molecule has 0 spiro atoms. The molecule has 3 aliphatic rings. The van der Waals surface area contributed by atoms with Crippen LogP contribution in [0.25, 0.3) is 0 Å². The minimum atomic E-state index is -0.578. The minimum absolute atomic E-state index is 0.0297. The zero-order chi connectivity index (χ0) is 15.7. The molecule has 0 aromatic carbocycles. The molecule has 3 aliphatic carbocycles. The maximum absolute atomic E-state index is 10.1. The summed E-state index contributed by atoms with van der Waals surface area (Å²) in [5.41, 5.74) is 9.59. The number of allylic oxidation sites excluding steroid dienone is 4. The SMILES string of the molecule is CC(NC1CC=CC2=C1C(N)=CCC2)C1C=C(O)C=CC1O. The fraction of sp³-hybridized carbons (Fsp3) is 0.444. The highest BCUT2D eigenvalue weighted by Gasteiger charge is 2.30. The van der Waals surface area contributed by atoms with Gasteiger partial charge >= 0.3 is 0 Å². The molecular formula is C18H24N2O2. The third-order valence-electron chi connectivity index (χ3n) is 4.74. The van der Waals surface area contributed by atoms with E-state index in [4.69, 9.17) is 5.73 Å². The number of nitrogens with two attached hydrogens (primary N) is 1. The van der Waals surface area contributed by atoms with Crippen molar-refractivity contribution in [2.24, 2.45) is 11.7 Å². The summed E-state index contributed by atoms with van der Waals surface area (Å²) >= 11 is 0. The van der Waals surface area contributed by atoms with Crippen molar-refractivity contribution in [1.29, 1.82) is 0 Å². The Bertz CT molecular complexity index is 598. The summed E-state index contributed by atoms with van der Waals surface area (Å²) in [5, 5.41) is 23.4. The van der Waals surface area contributed by atoms with E-state index in [9.17, 15) is 10.2 Å². The van der Waals surface area contributed by atoms with Crippen LogP contribution in [0, 0.1) is 5.92 Å². The summed E-state index contributed by atoms with van der Waals surface area (Å²) < 4.78 is 0. The van der Waals surface area contributed by atoms with Crippen molar-refractivity contribution in [2.45, 2.75) is 44.4 Å². The standard InChI is InChI=1S/C18H24N2O2/c1-11(14-10-13(21)8-9-17(14)22)20-16-7-3-5-12-4-2-6-15(19)18(12)16/h3,5-6,8-11,14,16-17,20-22H,2,4,7,19H2,1H3. The normalized spacial score (nSPS) is 32.4. The van der Waals surface area contributed by atoms with Gasteiger partial charge in [-0.1, -0.05) is 24.3 Å². The highest BCUT2D eigenvalue weighted by Crippen LogP contribution is 2.31. The van der Waals surface area contributed by atoms with Gasteiger partial charge in [0.25, 0.3) is 0 Å². The van der Waals surface area contributed by atoms with Crippen molar-refractivity contribution in [3.8, 4) is 0 Å². The number of hydrogen-bond donors (Lipinski definition) is 4. The van der Waals surface area contributed by atoms with Crippen LogP contribution in [0.4, 0.5) is 0 Å². The van der Waals surface area contributed by atoms with Crippen LogP contribution in [-0.4, -0.2) is 28.4 Å². The van der Waals surface area contributed by atoms with Crippen LogP contribution in [0.3, 0.4) is 0 Å². The summed E-state index contributed by atoms with van der Waals surface area (Å²) in [6.45, 7) is 2.04. The Morgan fingerprint density at radius 1 is 1.36 bits per heavy atom. The van der Waals surface area contributed by atoms with Crippen LogP contribution in [0.15, 0.2) is 59.1 Å². The second-order valence-electron chi connectivity index (χ2n) is 6.30. The van der Waals surface area contributed by atoms with Crippen LogP contribution in [0.1, 0.15) is 26.2 Å². The summed E-state index contributed by atoms with van der Waals surface area (Å²) in [4.78, 5) is 0. The molecule has 0 aromatic rings. The number of aliphatic hydroxyl groups is 2. The molecule has 4 unspecified atom stereocenters. The molecule has 4 heteroatoms. The average molecular weight is 300 g/mol. The fourth-order valence-corrected chi connectivity index (χ4v) is 3.57. The number of nitrogens with one attached hydrogen (secondary N) is 1. The molecule has 0 aromatic heterocycles. The first-order valence-corrected chi connectivity index (χ1v) is 7.95. The maximum atomic E-state index is 10.1. The van der Waals surface area contributed by atoms with E-state index in [0.717, 1.165) is 25.0 Å². The van der Waals surface area contributed by atoms with Gasteiger partial charge in [0.15, 0.2) is 0 Å². The molecular weight excluding hydrogens is 276 g/mol. The Morgan fingerprint density at radius 2 is 2.18 bits per heavy atom. The molecule has 0 saturated carbocycles. The highest BCUT2D eigenvalue weighted by molar-refractivity contribution is 5.47. The van der Waals surface area contributed by atoms with Crippen molar-refractivity contribution >= 4 is 0 Å². The molecule has 4 nitrogen and oxygen atoms in total. The van der Waals surface area contributed by atoms with E-state index in [2.05, 4.69) is 23.5 Å². The number of aliphatic hydroxyl groups excluding tert-OH is 2. The van der Waals surface area contributed by atoms with Gasteiger partial charge in [0, 0.05) is 23.7 Å². The van der Waals surface area contributed by atoms with E-state index in [0.29, 0.717) is 0 Å². The third kappa shape index (κ3) is 2.89. The largest absolute Gasteiger partial charge is 0.508 e. The first-order valence-electron chi connectivity index (χ1n) is 7.95. The van der Waals surface area contributed by atoms with Gasteiger partial charge in [0.1, 0.15) is 5.76 Å².